The third kappa shape index (κ3) is 1.80. The van der Waals surface area contributed by atoms with Gasteiger partial charge in [0.25, 0.3) is 0 Å². The number of hydrogen-bond donors (Lipinski definition) is 1. The molecule has 0 bridgehead atoms. The lowest BCUT2D eigenvalue weighted by molar-refractivity contribution is -0.140. The fourth-order valence-electron chi connectivity index (χ4n) is 1.83. The molecule has 0 saturated heterocycles. The highest BCUT2D eigenvalue weighted by atomic mass is 19.4. The lowest BCUT2D eigenvalue weighted by Gasteiger charge is -2.37. The van der Waals surface area contributed by atoms with E-state index in [2.05, 4.69) is 0 Å². The van der Waals surface area contributed by atoms with Gasteiger partial charge in [-0.2, -0.15) is 13.2 Å². The smallest absolute Gasteiger partial charge is 0.385 e. The first-order valence-electron chi connectivity index (χ1n) is 4.92. The maximum absolute atomic E-state index is 13.2. The predicted octanol–water partition coefficient (Wildman–Crippen LogP) is 3.22. The monoisotopic (exact) mass is 234 g/mol. The molecule has 1 N–H and O–H groups in total. The van der Waals surface area contributed by atoms with E-state index in [1.165, 1.54) is 0 Å². The van der Waals surface area contributed by atoms with Crippen LogP contribution in [-0.4, -0.2) is 5.11 Å². The molecule has 0 spiro atoms. The summed E-state index contributed by atoms with van der Waals surface area (Å²) in [7, 11) is 0. The Morgan fingerprint density at radius 3 is 2.19 bits per heavy atom. The Hall–Kier alpha value is -1.10. The van der Waals surface area contributed by atoms with Gasteiger partial charge in [0.1, 0.15) is 5.82 Å². The Bertz CT molecular complexity index is 407. The minimum Gasteiger partial charge on any atom is -0.385 e. The largest absolute Gasteiger partial charge is 0.419 e. The van der Waals surface area contributed by atoms with Crippen molar-refractivity contribution in [1.82, 2.24) is 0 Å². The van der Waals surface area contributed by atoms with Crippen molar-refractivity contribution in [2.45, 2.75) is 31.0 Å². The van der Waals surface area contributed by atoms with Gasteiger partial charge in [-0.1, -0.05) is 6.07 Å². The molecular weight excluding hydrogens is 224 g/mol. The van der Waals surface area contributed by atoms with Crippen molar-refractivity contribution in [3.8, 4) is 0 Å². The molecule has 1 aromatic carbocycles. The summed E-state index contributed by atoms with van der Waals surface area (Å²) < 4.78 is 50.0. The summed E-state index contributed by atoms with van der Waals surface area (Å²) in [4.78, 5) is 0. The van der Waals surface area contributed by atoms with E-state index in [4.69, 9.17) is 0 Å². The molecule has 1 aliphatic carbocycles. The molecule has 2 rings (SSSR count). The van der Waals surface area contributed by atoms with Crippen LogP contribution in [0.4, 0.5) is 17.6 Å². The zero-order valence-electron chi connectivity index (χ0n) is 8.31. The Kier molecular flexibility index (Phi) is 2.45. The summed E-state index contributed by atoms with van der Waals surface area (Å²) >= 11 is 0. The number of benzene rings is 1. The van der Waals surface area contributed by atoms with E-state index >= 15 is 0 Å². The highest BCUT2D eigenvalue weighted by Gasteiger charge is 2.39. The van der Waals surface area contributed by atoms with E-state index in [-0.39, 0.29) is 5.56 Å². The molecule has 88 valence electrons. The number of hydrogen-bond acceptors (Lipinski definition) is 1. The van der Waals surface area contributed by atoms with Crippen LogP contribution < -0.4 is 0 Å². The lowest BCUT2D eigenvalue weighted by Crippen LogP contribution is -2.33. The Labute approximate surface area is 89.7 Å². The second-order valence-electron chi connectivity index (χ2n) is 4.08. The van der Waals surface area contributed by atoms with E-state index in [0.717, 1.165) is 18.6 Å². The Balaban J connectivity index is 2.37. The van der Waals surface area contributed by atoms with E-state index < -0.39 is 23.2 Å². The van der Waals surface area contributed by atoms with Gasteiger partial charge in [-0.15, -0.1) is 0 Å². The molecule has 0 aromatic heterocycles. The number of halogens is 4. The zero-order valence-corrected chi connectivity index (χ0v) is 8.31. The van der Waals surface area contributed by atoms with Crippen molar-refractivity contribution in [3.63, 3.8) is 0 Å². The highest BCUT2D eigenvalue weighted by Crippen LogP contribution is 2.42. The fourth-order valence-corrected chi connectivity index (χ4v) is 1.83. The molecule has 0 aliphatic heterocycles. The van der Waals surface area contributed by atoms with Gasteiger partial charge in [0.05, 0.1) is 11.2 Å². The number of rotatable bonds is 1. The first kappa shape index (κ1) is 11.4. The highest BCUT2D eigenvalue weighted by molar-refractivity contribution is 5.31. The van der Waals surface area contributed by atoms with Crippen molar-refractivity contribution < 1.29 is 22.7 Å². The van der Waals surface area contributed by atoms with Crippen LogP contribution >= 0.6 is 0 Å². The van der Waals surface area contributed by atoms with E-state index in [0.29, 0.717) is 18.9 Å². The van der Waals surface area contributed by atoms with Crippen molar-refractivity contribution in [2.24, 2.45) is 0 Å². The molecule has 1 aliphatic rings. The minimum absolute atomic E-state index is 0.226. The molecule has 1 fully saturated rings. The fraction of sp³-hybridized carbons (Fsp3) is 0.455. The van der Waals surface area contributed by atoms with Crippen LogP contribution in [0.5, 0.6) is 0 Å². The molecular formula is C11H10F4O. The SMILES string of the molecule is OC1(c2ccc(C(F)(F)F)c(F)c2)CCC1. The van der Waals surface area contributed by atoms with Crippen LogP contribution in [0.25, 0.3) is 0 Å². The summed E-state index contributed by atoms with van der Waals surface area (Å²) in [6.07, 6.45) is -2.94. The molecule has 0 heterocycles. The van der Waals surface area contributed by atoms with Crippen LogP contribution in [0.3, 0.4) is 0 Å². The maximum Gasteiger partial charge on any atom is 0.419 e. The molecule has 0 radical (unpaired) electrons. The molecule has 1 saturated carbocycles. The average Bonchev–Trinajstić information content (AvgIpc) is 2.12. The maximum atomic E-state index is 13.2. The average molecular weight is 234 g/mol. The van der Waals surface area contributed by atoms with Gasteiger partial charge in [-0.25, -0.2) is 4.39 Å². The lowest BCUT2D eigenvalue weighted by atomic mass is 9.75. The van der Waals surface area contributed by atoms with Gasteiger partial charge in [0.2, 0.25) is 0 Å². The normalized spacial score (nSPS) is 19.3. The van der Waals surface area contributed by atoms with Crippen molar-refractivity contribution in [3.05, 3.63) is 35.1 Å². The van der Waals surface area contributed by atoms with E-state index in [9.17, 15) is 22.7 Å². The number of aliphatic hydroxyl groups is 1. The van der Waals surface area contributed by atoms with E-state index in [1.54, 1.807) is 0 Å². The van der Waals surface area contributed by atoms with Gasteiger partial charge in [0, 0.05) is 0 Å². The predicted molar refractivity (Wildman–Crippen MR) is 49.1 cm³/mol. The van der Waals surface area contributed by atoms with Crippen LogP contribution in [-0.2, 0) is 11.8 Å². The van der Waals surface area contributed by atoms with Gasteiger partial charge < -0.3 is 5.11 Å². The first-order chi connectivity index (χ1) is 7.33. The van der Waals surface area contributed by atoms with Crippen LogP contribution in [0.15, 0.2) is 18.2 Å². The summed E-state index contributed by atoms with van der Waals surface area (Å²) in [6, 6.07) is 2.61. The third-order valence-corrected chi connectivity index (χ3v) is 2.99. The van der Waals surface area contributed by atoms with E-state index in [1.807, 2.05) is 0 Å². The standard InChI is InChI=1S/C11H10F4O/c12-9-6-7(10(16)4-1-5-10)2-3-8(9)11(13,14)15/h2-3,6,16H,1,4-5H2. The van der Waals surface area contributed by atoms with Crippen molar-refractivity contribution in [2.75, 3.05) is 0 Å². The van der Waals surface area contributed by atoms with Gasteiger partial charge in [0.15, 0.2) is 0 Å². The topological polar surface area (TPSA) is 20.2 Å². The quantitative estimate of drug-likeness (QED) is 0.740. The van der Waals surface area contributed by atoms with Crippen molar-refractivity contribution >= 4 is 0 Å². The van der Waals surface area contributed by atoms with Gasteiger partial charge in [-0.05, 0) is 37.0 Å². The second-order valence-corrected chi connectivity index (χ2v) is 4.08. The zero-order chi connectivity index (χ0) is 12.0. The van der Waals surface area contributed by atoms with Gasteiger partial charge in [-0.3, -0.25) is 0 Å². The molecule has 0 amide bonds. The molecule has 16 heavy (non-hydrogen) atoms. The molecule has 1 aromatic rings. The Morgan fingerprint density at radius 1 is 1.19 bits per heavy atom. The summed E-state index contributed by atoms with van der Waals surface area (Å²) in [6.45, 7) is 0. The van der Waals surface area contributed by atoms with Crippen LogP contribution in [0, 0.1) is 5.82 Å². The summed E-state index contributed by atoms with van der Waals surface area (Å²) in [5.74, 6) is -1.33. The van der Waals surface area contributed by atoms with Crippen LogP contribution in [0.2, 0.25) is 0 Å². The molecule has 1 nitrogen and oxygen atoms in total. The second kappa shape index (κ2) is 3.45. The first-order valence-corrected chi connectivity index (χ1v) is 4.92. The van der Waals surface area contributed by atoms with Gasteiger partial charge >= 0.3 is 6.18 Å². The van der Waals surface area contributed by atoms with Crippen molar-refractivity contribution in [1.29, 1.82) is 0 Å². The van der Waals surface area contributed by atoms with Crippen LogP contribution in [0.1, 0.15) is 30.4 Å². The number of alkyl halides is 3. The minimum atomic E-state index is -4.69. The third-order valence-electron chi connectivity index (χ3n) is 2.99. The summed E-state index contributed by atoms with van der Waals surface area (Å²) in [5.41, 5.74) is -2.20. The summed E-state index contributed by atoms with van der Waals surface area (Å²) in [5, 5.41) is 9.85. The molecule has 0 unspecified atom stereocenters. The molecule has 0 atom stereocenters. The Morgan fingerprint density at radius 2 is 1.81 bits per heavy atom. The molecule has 5 heteroatoms.